The minimum atomic E-state index is -0.0605. The second-order valence-corrected chi connectivity index (χ2v) is 4.42. The van der Waals surface area contributed by atoms with Gasteiger partial charge >= 0.3 is 0 Å². The molecule has 1 aromatic carbocycles. The molecule has 0 aliphatic carbocycles. The summed E-state index contributed by atoms with van der Waals surface area (Å²) < 4.78 is 2.42. The summed E-state index contributed by atoms with van der Waals surface area (Å²) >= 11 is 3.29. The van der Waals surface area contributed by atoms with Crippen LogP contribution >= 0.6 is 15.9 Å². The lowest BCUT2D eigenvalue weighted by Gasteiger charge is -2.05. The maximum atomic E-state index is 11.2. The van der Waals surface area contributed by atoms with Crippen LogP contribution in [-0.2, 0) is 0 Å². The third-order valence-electron chi connectivity index (χ3n) is 2.32. The Morgan fingerprint density at radius 3 is 2.82 bits per heavy atom. The van der Waals surface area contributed by atoms with Crippen molar-refractivity contribution in [3.8, 4) is 11.8 Å². The predicted octanol–water partition coefficient (Wildman–Crippen LogP) is 2.71. The Kier molecular flexibility index (Phi) is 3.07. The first-order chi connectivity index (χ1) is 8.11. The zero-order chi connectivity index (χ0) is 12.4. The fraction of sp³-hybridized carbons (Fsp3) is 0.0833. The first kappa shape index (κ1) is 11.6. The summed E-state index contributed by atoms with van der Waals surface area (Å²) in [6.07, 6.45) is 3.39. The van der Waals surface area contributed by atoms with Gasteiger partial charge in [-0.3, -0.25) is 4.79 Å². The van der Waals surface area contributed by atoms with Crippen LogP contribution in [0, 0.1) is 11.3 Å². The number of benzene rings is 1. The molecule has 0 N–H and O–H groups in total. The minimum Gasteiger partial charge on any atom is -0.295 e. The van der Waals surface area contributed by atoms with Crippen LogP contribution in [0.15, 0.2) is 35.1 Å². The van der Waals surface area contributed by atoms with E-state index in [2.05, 4.69) is 27.1 Å². The van der Waals surface area contributed by atoms with Gasteiger partial charge in [0.15, 0.2) is 5.78 Å². The van der Waals surface area contributed by atoms with Gasteiger partial charge in [0.1, 0.15) is 6.07 Å². The lowest BCUT2D eigenvalue weighted by molar-refractivity contribution is 0.101. The molecule has 0 saturated heterocycles. The predicted molar refractivity (Wildman–Crippen MR) is 66.0 cm³/mol. The molecule has 1 heterocycles. The largest absolute Gasteiger partial charge is 0.295 e. The lowest BCUT2D eigenvalue weighted by atomic mass is 10.1. The molecule has 1 aromatic heterocycles. The minimum absolute atomic E-state index is 0.0605. The van der Waals surface area contributed by atoms with Crippen molar-refractivity contribution in [2.75, 3.05) is 0 Å². The van der Waals surface area contributed by atoms with E-state index in [9.17, 15) is 4.79 Å². The average Bonchev–Trinajstić information content (AvgIpc) is 2.74. The summed E-state index contributed by atoms with van der Waals surface area (Å²) in [6, 6.07) is 7.05. The van der Waals surface area contributed by atoms with Gasteiger partial charge in [-0.2, -0.15) is 10.4 Å². The molecule has 5 heteroatoms. The number of Topliss-reactive ketones (excluding diaryl/α,β-unsaturated/α-hetero) is 1. The van der Waals surface area contributed by atoms with Crippen molar-refractivity contribution in [1.82, 2.24) is 9.78 Å². The van der Waals surface area contributed by atoms with Crippen LogP contribution in [0.2, 0.25) is 0 Å². The molecule has 0 spiro atoms. The van der Waals surface area contributed by atoms with Gasteiger partial charge in [0.25, 0.3) is 0 Å². The Morgan fingerprint density at radius 2 is 2.29 bits per heavy atom. The highest BCUT2D eigenvalue weighted by molar-refractivity contribution is 9.10. The van der Waals surface area contributed by atoms with Gasteiger partial charge in [-0.15, -0.1) is 0 Å². The van der Waals surface area contributed by atoms with Gasteiger partial charge in [-0.1, -0.05) is 0 Å². The molecule has 0 radical (unpaired) electrons. The van der Waals surface area contributed by atoms with E-state index < -0.39 is 0 Å². The molecule has 0 atom stereocenters. The summed E-state index contributed by atoms with van der Waals surface area (Å²) in [7, 11) is 0. The Balaban J connectivity index is 2.56. The number of nitriles is 1. The van der Waals surface area contributed by atoms with E-state index in [1.54, 1.807) is 35.3 Å². The fourth-order valence-electron chi connectivity index (χ4n) is 1.48. The molecule has 0 saturated carbocycles. The topological polar surface area (TPSA) is 58.7 Å². The second kappa shape index (κ2) is 4.52. The van der Waals surface area contributed by atoms with Crippen LogP contribution in [-0.4, -0.2) is 15.6 Å². The fourth-order valence-corrected chi connectivity index (χ4v) is 1.76. The highest BCUT2D eigenvalue weighted by Gasteiger charge is 2.08. The second-order valence-electron chi connectivity index (χ2n) is 3.50. The van der Waals surface area contributed by atoms with Gasteiger partial charge in [-0.25, -0.2) is 4.68 Å². The summed E-state index contributed by atoms with van der Waals surface area (Å²) in [4.78, 5) is 11.2. The summed E-state index contributed by atoms with van der Waals surface area (Å²) in [6.45, 7) is 1.47. The van der Waals surface area contributed by atoms with Crippen molar-refractivity contribution >= 4 is 21.7 Å². The highest BCUT2D eigenvalue weighted by atomic mass is 79.9. The number of halogens is 1. The maximum absolute atomic E-state index is 11.2. The van der Waals surface area contributed by atoms with Crippen LogP contribution in [0.3, 0.4) is 0 Å². The maximum Gasteiger partial charge on any atom is 0.159 e. The third kappa shape index (κ3) is 2.27. The van der Waals surface area contributed by atoms with Crippen molar-refractivity contribution in [2.45, 2.75) is 6.92 Å². The molecule has 0 fully saturated rings. The third-order valence-corrected chi connectivity index (χ3v) is 2.73. The molecule has 4 nitrogen and oxygen atoms in total. The van der Waals surface area contributed by atoms with Crippen molar-refractivity contribution < 1.29 is 4.79 Å². The van der Waals surface area contributed by atoms with Gasteiger partial charge in [0.05, 0.1) is 21.9 Å². The van der Waals surface area contributed by atoms with Gasteiger partial charge in [-0.05, 0) is 41.1 Å². The number of ketones is 1. The molecule has 0 bridgehead atoms. The van der Waals surface area contributed by atoms with Gasteiger partial charge in [0.2, 0.25) is 0 Å². The number of carbonyl (C=O) groups excluding carboxylic acids is 1. The highest BCUT2D eigenvalue weighted by Crippen LogP contribution is 2.18. The van der Waals surface area contributed by atoms with E-state index in [0.29, 0.717) is 16.8 Å². The molecule has 2 rings (SSSR count). The standard InChI is InChI=1S/C12H8BrN3O/c1-8(17)9-2-3-12(10(4-9)5-14)16-7-11(13)6-15-16/h2-4,6-7H,1H3. The summed E-state index contributed by atoms with van der Waals surface area (Å²) in [5.74, 6) is -0.0605. The van der Waals surface area contributed by atoms with E-state index in [4.69, 9.17) is 5.26 Å². The van der Waals surface area contributed by atoms with Crippen LogP contribution in [0.4, 0.5) is 0 Å². The van der Waals surface area contributed by atoms with E-state index in [1.807, 2.05) is 0 Å². The number of hydrogen-bond donors (Lipinski definition) is 0. The van der Waals surface area contributed by atoms with E-state index in [-0.39, 0.29) is 5.78 Å². The molecular weight excluding hydrogens is 282 g/mol. The summed E-state index contributed by atoms with van der Waals surface area (Å²) in [5.41, 5.74) is 1.60. The van der Waals surface area contributed by atoms with E-state index >= 15 is 0 Å². The van der Waals surface area contributed by atoms with E-state index in [1.165, 1.54) is 6.92 Å². The Hall–Kier alpha value is -1.93. The quantitative estimate of drug-likeness (QED) is 0.799. The Bertz CT molecular complexity index is 625. The first-order valence-corrected chi connectivity index (χ1v) is 5.67. The van der Waals surface area contributed by atoms with Crippen molar-refractivity contribution in [2.24, 2.45) is 0 Å². The average molecular weight is 290 g/mol. The van der Waals surface area contributed by atoms with Gasteiger partial charge < -0.3 is 0 Å². The lowest BCUT2D eigenvalue weighted by Crippen LogP contribution is -2.00. The zero-order valence-corrected chi connectivity index (χ0v) is 10.6. The number of carbonyl (C=O) groups is 1. The first-order valence-electron chi connectivity index (χ1n) is 4.87. The molecular formula is C12H8BrN3O. The van der Waals surface area contributed by atoms with Crippen molar-refractivity contribution in [3.63, 3.8) is 0 Å². The Morgan fingerprint density at radius 1 is 1.53 bits per heavy atom. The van der Waals surface area contributed by atoms with E-state index in [0.717, 1.165) is 4.47 Å². The smallest absolute Gasteiger partial charge is 0.159 e. The number of rotatable bonds is 2. The van der Waals surface area contributed by atoms with Gasteiger partial charge in [0, 0.05) is 11.8 Å². The summed E-state index contributed by atoms with van der Waals surface area (Å²) in [5, 5.41) is 13.2. The molecule has 0 aliphatic rings. The number of aromatic nitrogens is 2. The van der Waals surface area contributed by atoms with Crippen LogP contribution in [0.25, 0.3) is 5.69 Å². The molecule has 0 amide bonds. The van der Waals surface area contributed by atoms with Crippen LogP contribution in [0.5, 0.6) is 0 Å². The van der Waals surface area contributed by atoms with Crippen LogP contribution < -0.4 is 0 Å². The normalized spacial score (nSPS) is 9.94. The number of hydrogen-bond acceptors (Lipinski definition) is 3. The van der Waals surface area contributed by atoms with Crippen molar-refractivity contribution in [3.05, 3.63) is 46.2 Å². The molecule has 84 valence electrons. The van der Waals surface area contributed by atoms with Crippen molar-refractivity contribution in [1.29, 1.82) is 5.26 Å². The Labute approximate surface area is 107 Å². The SMILES string of the molecule is CC(=O)c1ccc(-n2cc(Br)cn2)c(C#N)c1. The molecule has 2 aromatic rings. The molecule has 17 heavy (non-hydrogen) atoms. The van der Waals surface area contributed by atoms with Crippen LogP contribution in [0.1, 0.15) is 22.8 Å². The molecule has 0 aliphatic heterocycles. The monoisotopic (exact) mass is 289 g/mol. The molecule has 0 unspecified atom stereocenters. The number of nitrogens with zero attached hydrogens (tertiary/aromatic N) is 3. The zero-order valence-electron chi connectivity index (χ0n) is 9.01.